The summed E-state index contributed by atoms with van der Waals surface area (Å²) in [7, 11) is 2.12. The van der Waals surface area contributed by atoms with E-state index in [2.05, 4.69) is 34.8 Å². The van der Waals surface area contributed by atoms with Gasteiger partial charge < -0.3 is 9.80 Å². The highest BCUT2D eigenvalue weighted by molar-refractivity contribution is 5.28. The zero-order chi connectivity index (χ0) is 14.4. The maximum absolute atomic E-state index is 8.90. The van der Waals surface area contributed by atoms with Crippen molar-refractivity contribution in [3.8, 4) is 6.07 Å². The fourth-order valence-corrected chi connectivity index (χ4v) is 2.76. The predicted octanol–water partition coefficient (Wildman–Crippen LogP) is 2.26. The third-order valence-electron chi connectivity index (χ3n) is 4.07. The molecule has 1 unspecified atom stereocenters. The van der Waals surface area contributed by atoms with Crippen molar-refractivity contribution in [2.45, 2.75) is 38.8 Å². The van der Waals surface area contributed by atoms with E-state index in [9.17, 15) is 0 Å². The van der Waals surface area contributed by atoms with E-state index in [1.54, 1.807) is 12.3 Å². The minimum absolute atomic E-state index is 0.665. The van der Waals surface area contributed by atoms with Crippen LogP contribution in [-0.2, 0) is 6.54 Å². The van der Waals surface area contributed by atoms with Gasteiger partial charge in [0.05, 0.1) is 17.3 Å². The fraction of sp³-hybridized carbons (Fsp3) is 0.625. The molecule has 0 spiro atoms. The maximum Gasteiger partial charge on any atom is 0.0992 e. The third kappa shape index (κ3) is 4.29. The van der Waals surface area contributed by atoms with Crippen LogP contribution in [0.15, 0.2) is 18.3 Å². The van der Waals surface area contributed by atoms with Crippen LogP contribution >= 0.6 is 0 Å². The molecule has 1 aliphatic rings. The van der Waals surface area contributed by atoms with Crippen molar-refractivity contribution < 1.29 is 0 Å². The molecule has 1 aromatic rings. The highest BCUT2D eigenvalue weighted by atomic mass is 15.2. The first kappa shape index (κ1) is 15.0. The van der Waals surface area contributed by atoms with Gasteiger partial charge in [0.1, 0.15) is 0 Å². The lowest BCUT2D eigenvalue weighted by Gasteiger charge is -2.26. The number of nitrogens with zero attached hydrogens (tertiary/aromatic N) is 4. The number of pyridine rings is 1. The summed E-state index contributed by atoms with van der Waals surface area (Å²) in [5.74, 6) is 0. The lowest BCUT2D eigenvalue weighted by Crippen LogP contribution is -2.33. The first-order valence-corrected chi connectivity index (χ1v) is 7.46. The van der Waals surface area contributed by atoms with Crippen molar-refractivity contribution in [2.24, 2.45) is 0 Å². The van der Waals surface area contributed by atoms with Gasteiger partial charge in [-0.15, -0.1) is 0 Å². The molecule has 1 aromatic heterocycles. The Morgan fingerprint density at radius 1 is 1.45 bits per heavy atom. The molecule has 4 nitrogen and oxygen atoms in total. The maximum atomic E-state index is 8.90. The molecule has 1 atom stereocenters. The number of likely N-dealkylation sites (tertiary alicyclic amines) is 1. The van der Waals surface area contributed by atoms with E-state index in [4.69, 9.17) is 5.26 Å². The van der Waals surface area contributed by atoms with E-state index >= 15 is 0 Å². The molecule has 1 saturated heterocycles. The van der Waals surface area contributed by atoms with Gasteiger partial charge in [-0.05, 0) is 65.0 Å². The van der Waals surface area contributed by atoms with Gasteiger partial charge in [-0.2, -0.15) is 5.26 Å². The lowest BCUT2D eigenvalue weighted by molar-refractivity contribution is 0.214. The van der Waals surface area contributed by atoms with Gasteiger partial charge in [-0.25, -0.2) is 0 Å². The monoisotopic (exact) mass is 272 g/mol. The Morgan fingerprint density at radius 2 is 2.20 bits per heavy atom. The topological polar surface area (TPSA) is 43.2 Å². The standard InChI is InChI=1S/C16H24N4/c1-14(20-8-3-4-9-20)6-10-19(2)13-16-11-15(12-17)5-7-18-16/h5,7,11,14H,3-4,6,8-10,13H2,1-2H3. The summed E-state index contributed by atoms with van der Waals surface area (Å²) in [5.41, 5.74) is 1.66. The van der Waals surface area contributed by atoms with Gasteiger partial charge in [-0.3, -0.25) is 4.98 Å². The first-order chi connectivity index (χ1) is 9.69. The average Bonchev–Trinajstić information content (AvgIpc) is 2.99. The van der Waals surface area contributed by atoms with Crippen LogP contribution in [0.25, 0.3) is 0 Å². The second-order valence-electron chi connectivity index (χ2n) is 5.77. The normalized spacial score (nSPS) is 17.3. The summed E-state index contributed by atoms with van der Waals surface area (Å²) in [6, 6.07) is 6.45. The molecule has 0 amide bonds. The van der Waals surface area contributed by atoms with E-state index < -0.39 is 0 Å². The summed E-state index contributed by atoms with van der Waals surface area (Å²) >= 11 is 0. The Kier molecular flexibility index (Phi) is 5.51. The van der Waals surface area contributed by atoms with Crippen LogP contribution in [0.5, 0.6) is 0 Å². The van der Waals surface area contributed by atoms with Crippen LogP contribution in [0.1, 0.15) is 37.4 Å². The number of nitriles is 1. The van der Waals surface area contributed by atoms with Crippen molar-refractivity contribution in [1.29, 1.82) is 5.26 Å². The van der Waals surface area contributed by atoms with E-state index in [-0.39, 0.29) is 0 Å². The van der Waals surface area contributed by atoms with Crippen molar-refractivity contribution in [2.75, 3.05) is 26.7 Å². The quantitative estimate of drug-likeness (QED) is 0.796. The minimum atomic E-state index is 0.665. The molecule has 0 aliphatic carbocycles. The molecule has 108 valence electrons. The van der Waals surface area contributed by atoms with Crippen LogP contribution in [0.4, 0.5) is 0 Å². The van der Waals surface area contributed by atoms with Crippen LogP contribution in [0.3, 0.4) is 0 Å². The summed E-state index contributed by atoms with van der Waals surface area (Å²) in [6.45, 7) is 6.72. The van der Waals surface area contributed by atoms with Crippen molar-refractivity contribution >= 4 is 0 Å². The van der Waals surface area contributed by atoms with Gasteiger partial charge in [0, 0.05) is 18.8 Å². The Morgan fingerprint density at radius 3 is 2.90 bits per heavy atom. The van der Waals surface area contributed by atoms with Gasteiger partial charge in [0.2, 0.25) is 0 Å². The van der Waals surface area contributed by atoms with Gasteiger partial charge >= 0.3 is 0 Å². The van der Waals surface area contributed by atoms with E-state index in [1.807, 2.05) is 6.07 Å². The zero-order valence-corrected chi connectivity index (χ0v) is 12.5. The number of hydrogen-bond acceptors (Lipinski definition) is 4. The van der Waals surface area contributed by atoms with E-state index in [1.165, 1.54) is 32.4 Å². The number of aromatic nitrogens is 1. The summed E-state index contributed by atoms with van der Waals surface area (Å²) < 4.78 is 0. The highest BCUT2D eigenvalue weighted by Crippen LogP contribution is 2.14. The van der Waals surface area contributed by atoms with Crippen LogP contribution in [0.2, 0.25) is 0 Å². The molecular weight excluding hydrogens is 248 g/mol. The Bertz CT molecular complexity index is 460. The molecule has 4 heteroatoms. The highest BCUT2D eigenvalue weighted by Gasteiger charge is 2.18. The molecule has 0 bridgehead atoms. The van der Waals surface area contributed by atoms with Gasteiger partial charge in [0.15, 0.2) is 0 Å². The second kappa shape index (κ2) is 7.37. The zero-order valence-electron chi connectivity index (χ0n) is 12.5. The molecule has 2 heterocycles. The van der Waals surface area contributed by atoms with Crippen LogP contribution < -0.4 is 0 Å². The molecule has 0 saturated carbocycles. The SMILES string of the molecule is CC(CCN(C)Cc1cc(C#N)ccn1)N1CCCC1. The fourth-order valence-electron chi connectivity index (χ4n) is 2.76. The van der Waals surface area contributed by atoms with Crippen LogP contribution in [-0.4, -0.2) is 47.5 Å². The Balaban J connectivity index is 1.77. The third-order valence-corrected chi connectivity index (χ3v) is 4.07. The molecular formula is C16H24N4. The summed E-state index contributed by atoms with van der Waals surface area (Å²) in [4.78, 5) is 9.20. The minimum Gasteiger partial charge on any atom is -0.301 e. The molecule has 1 aliphatic heterocycles. The van der Waals surface area contributed by atoms with E-state index in [0.717, 1.165) is 18.8 Å². The molecule has 0 aromatic carbocycles. The number of rotatable bonds is 6. The van der Waals surface area contributed by atoms with Gasteiger partial charge in [-0.1, -0.05) is 0 Å². The predicted molar refractivity (Wildman–Crippen MR) is 80.2 cm³/mol. The Hall–Kier alpha value is -1.44. The molecule has 1 fully saturated rings. The molecule has 0 radical (unpaired) electrons. The van der Waals surface area contributed by atoms with Crippen molar-refractivity contribution in [3.63, 3.8) is 0 Å². The molecule has 2 rings (SSSR count). The van der Waals surface area contributed by atoms with Crippen molar-refractivity contribution in [1.82, 2.24) is 14.8 Å². The lowest BCUT2D eigenvalue weighted by atomic mass is 10.2. The van der Waals surface area contributed by atoms with Crippen LogP contribution in [0, 0.1) is 11.3 Å². The average molecular weight is 272 g/mol. The second-order valence-corrected chi connectivity index (χ2v) is 5.77. The smallest absolute Gasteiger partial charge is 0.0992 e. The largest absolute Gasteiger partial charge is 0.301 e. The Labute approximate surface area is 122 Å². The molecule has 20 heavy (non-hydrogen) atoms. The first-order valence-electron chi connectivity index (χ1n) is 7.46. The van der Waals surface area contributed by atoms with Gasteiger partial charge in [0.25, 0.3) is 0 Å². The molecule has 0 N–H and O–H groups in total. The summed E-state index contributed by atoms with van der Waals surface area (Å²) in [5, 5.41) is 8.90. The van der Waals surface area contributed by atoms with Crippen molar-refractivity contribution in [3.05, 3.63) is 29.6 Å². The summed E-state index contributed by atoms with van der Waals surface area (Å²) in [6.07, 6.45) is 5.61. The number of hydrogen-bond donors (Lipinski definition) is 0. The van der Waals surface area contributed by atoms with E-state index in [0.29, 0.717) is 11.6 Å².